The molecule has 98 valence electrons. The van der Waals surface area contributed by atoms with E-state index in [4.69, 9.17) is 10.5 Å². The van der Waals surface area contributed by atoms with E-state index in [1.165, 1.54) is 19.3 Å². The molecule has 0 spiro atoms. The largest absolute Gasteiger partial charge is 0.476 e. The molecule has 0 aliphatic heterocycles. The first-order chi connectivity index (χ1) is 8.10. The van der Waals surface area contributed by atoms with Gasteiger partial charge in [-0.05, 0) is 19.3 Å². The molecule has 1 heterocycles. The molecule has 0 radical (unpaired) electrons. The molecule has 0 aromatic carbocycles. The van der Waals surface area contributed by atoms with Crippen LogP contribution in [0.15, 0.2) is 0 Å². The molecule has 1 atom stereocenters. The monoisotopic (exact) mass is 239 g/mol. The number of nitrogen functional groups attached to an aromatic ring is 1. The van der Waals surface area contributed by atoms with Crippen LogP contribution in [0.1, 0.15) is 45.2 Å². The predicted octanol–water partition coefficient (Wildman–Crippen LogP) is 2.91. The van der Waals surface area contributed by atoms with Crippen molar-refractivity contribution in [1.29, 1.82) is 0 Å². The van der Waals surface area contributed by atoms with Crippen molar-refractivity contribution in [2.45, 2.75) is 46.5 Å². The molecular formula is C13H25N3O. The van der Waals surface area contributed by atoms with Crippen LogP contribution in [0.5, 0.6) is 5.88 Å². The highest BCUT2D eigenvalue weighted by Gasteiger charge is 2.13. The summed E-state index contributed by atoms with van der Waals surface area (Å²) in [6.45, 7) is 7.06. The molecule has 4 heteroatoms. The van der Waals surface area contributed by atoms with E-state index in [0.29, 0.717) is 17.5 Å². The van der Waals surface area contributed by atoms with Crippen LogP contribution in [-0.4, -0.2) is 16.4 Å². The van der Waals surface area contributed by atoms with Crippen LogP contribution in [0.3, 0.4) is 0 Å². The van der Waals surface area contributed by atoms with Gasteiger partial charge in [-0.25, -0.2) is 4.68 Å². The van der Waals surface area contributed by atoms with Crippen molar-refractivity contribution >= 4 is 5.69 Å². The number of anilines is 1. The van der Waals surface area contributed by atoms with Crippen molar-refractivity contribution in [2.75, 3.05) is 12.3 Å². The molecule has 1 unspecified atom stereocenters. The van der Waals surface area contributed by atoms with Gasteiger partial charge in [-0.3, -0.25) is 0 Å². The lowest BCUT2D eigenvalue weighted by molar-refractivity contribution is 0.218. The molecule has 0 aliphatic carbocycles. The number of unbranched alkanes of at least 4 members (excludes halogenated alkanes) is 1. The average Bonchev–Trinajstić information content (AvgIpc) is 2.55. The third-order valence-corrected chi connectivity index (χ3v) is 3.21. The lowest BCUT2D eigenvalue weighted by Crippen LogP contribution is -2.13. The van der Waals surface area contributed by atoms with Gasteiger partial charge in [0, 0.05) is 7.05 Å². The van der Waals surface area contributed by atoms with Crippen LogP contribution >= 0.6 is 0 Å². The number of hydrogen-bond donors (Lipinski definition) is 1. The minimum atomic E-state index is 0.615. The van der Waals surface area contributed by atoms with Gasteiger partial charge < -0.3 is 10.5 Å². The van der Waals surface area contributed by atoms with Gasteiger partial charge in [0.2, 0.25) is 5.88 Å². The Morgan fingerprint density at radius 1 is 1.41 bits per heavy atom. The minimum absolute atomic E-state index is 0.615. The van der Waals surface area contributed by atoms with Crippen LogP contribution in [-0.2, 0) is 7.05 Å². The second kappa shape index (κ2) is 6.52. The number of aromatic nitrogens is 2. The topological polar surface area (TPSA) is 53.1 Å². The zero-order chi connectivity index (χ0) is 12.8. The SMILES string of the molecule is CCCCC(CC)COc1c(N)c(C)nn1C. The Hall–Kier alpha value is -1.19. The van der Waals surface area contributed by atoms with E-state index < -0.39 is 0 Å². The van der Waals surface area contributed by atoms with Gasteiger partial charge >= 0.3 is 0 Å². The van der Waals surface area contributed by atoms with E-state index in [-0.39, 0.29) is 0 Å². The van der Waals surface area contributed by atoms with E-state index in [2.05, 4.69) is 18.9 Å². The summed E-state index contributed by atoms with van der Waals surface area (Å²) in [6, 6.07) is 0. The maximum absolute atomic E-state index is 5.92. The summed E-state index contributed by atoms with van der Waals surface area (Å²) in [4.78, 5) is 0. The Morgan fingerprint density at radius 2 is 2.12 bits per heavy atom. The summed E-state index contributed by atoms with van der Waals surface area (Å²) < 4.78 is 7.53. The highest BCUT2D eigenvalue weighted by Crippen LogP contribution is 2.25. The summed E-state index contributed by atoms with van der Waals surface area (Å²) in [6.07, 6.45) is 4.88. The Labute approximate surface area is 104 Å². The average molecular weight is 239 g/mol. The van der Waals surface area contributed by atoms with Gasteiger partial charge in [0.25, 0.3) is 0 Å². The second-order valence-corrected chi connectivity index (χ2v) is 4.66. The van der Waals surface area contributed by atoms with Crippen LogP contribution in [0.25, 0.3) is 0 Å². The zero-order valence-electron chi connectivity index (χ0n) is 11.5. The predicted molar refractivity (Wildman–Crippen MR) is 71.2 cm³/mol. The quantitative estimate of drug-likeness (QED) is 0.796. The fourth-order valence-corrected chi connectivity index (χ4v) is 1.92. The lowest BCUT2D eigenvalue weighted by Gasteiger charge is -2.15. The van der Waals surface area contributed by atoms with Crippen molar-refractivity contribution in [3.8, 4) is 5.88 Å². The molecule has 0 amide bonds. The molecule has 0 aliphatic rings. The standard InChI is InChI=1S/C13H25N3O/c1-5-7-8-11(6-2)9-17-13-12(14)10(3)15-16(13)4/h11H,5-9,14H2,1-4H3. The Bertz CT molecular complexity index is 347. The number of nitrogens with zero attached hydrogens (tertiary/aromatic N) is 2. The summed E-state index contributed by atoms with van der Waals surface area (Å²) >= 11 is 0. The fourth-order valence-electron chi connectivity index (χ4n) is 1.92. The Balaban J connectivity index is 2.53. The zero-order valence-corrected chi connectivity index (χ0v) is 11.5. The van der Waals surface area contributed by atoms with Crippen molar-refractivity contribution in [3.63, 3.8) is 0 Å². The van der Waals surface area contributed by atoms with Crippen molar-refractivity contribution in [3.05, 3.63) is 5.69 Å². The molecule has 4 nitrogen and oxygen atoms in total. The van der Waals surface area contributed by atoms with Gasteiger partial charge in [-0.15, -0.1) is 0 Å². The molecule has 1 rings (SSSR count). The molecular weight excluding hydrogens is 214 g/mol. The maximum Gasteiger partial charge on any atom is 0.235 e. The summed E-state index contributed by atoms with van der Waals surface area (Å²) in [5.41, 5.74) is 7.42. The molecule has 0 bridgehead atoms. The molecule has 0 fully saturated rings. The molecule has 0 saturated carbocycles. The third-order valence-electron chi connectivity index (χ3n) is 3.21. The smallest absolute Gasteiger partial charge is 0.235 e. The maximum atomic E-state index is 5.92. The van der Waals surface area contributed by atoms with Crippen molar-refractivity contribution < 1.29 is 4.74 Å². The van der Waals surface area contributed by atoms with Crippen LogP contribution in [0.2, 0.25) is 0 Å². The summed E-state index contributed by atoms with van der Waals surface area (Å²) in [5, 5.41) is 4.24. The summed E-state index contributed by atoms with van der Waals surface area (Å²) in [7, 11) is 1.87. The van der Waals surface area contributed by atoms with Gasteiger partial charge in [-0.2, -0.15) is 5.10 Å². The van der Waals surface area contributed by atoms with Gasteiger partial charge in [0.15, 0.2) is 0 Å². The van der Waals surface area contributed by atoms with E-state index in [9.17, 15) is 0 Å². The first-order valence-corrected chi connectivity index (χ1v) is 6.51. The van der Waals surface area contributed by atoms with E-state index in [1.54, 1.807) is 4.68 Å². The molecule has 17 heavy (non-hydrogen) atoms. The van der Waals surface area contributed by atoms with Crippen LogP contribution in [0.4, 0.5) is 5.69 Å². The van der Waals surface area contributed by atoms with Crippen LogP contribution in [0, 0.1) is 12.8 Å². The van der Waals surface area contributed by atoms with Crippen molar-refractivity contribution in [1.82, 2.24) is 9.78 Å². The highest BCUT2D eigenvalue weighted by molar-refractivity contribution is 5.52. The Kier molecular flexibility index (Phi) is 5.32. The molecule has 2 N–H and O–H groups in total. The number of hydrogen-bond acceptors (Lipinski definition) is 3. The van der Waals surface area contributed by atoms with E-state index >= 15 is 0 Å². The van der Waals surface area contributed by atoms with E-state index in [1.807, 2.05) is 14.0 Å². The number of aryl methyl sites for hydroxylation is 2. The summed E-state index contributed by atoms with van der Waals surface area (Å²) in [5.74, 6) is 1.32. The minimum Gasteiger partial charge on any atom is -0.476 e. The lowest BCUT2D eigenvalue weighted by atomic mass is 10.0. The molecule has 1 aromatic heterocycles. The number of rotatable bonds is 7. The first-order valence-electron chi connectivity index (χ1n) is 6.51. The van der Waals surface area contributed by atoms with Crippen LogP contribution < -0.4 is 10.5 Å². The van der Waals surface area contributed by atoms with Crippen molar-refractivity contribution in [2.24, 2.45) is 13.0 Å². The van der Waals surface area contributed by atoms with E-state index in [0.717, 1.165) is 18.7 Å². The normalized spacial score (nSPS) is 12.7. The van der Waals surface area contributed by atoms with Gasteiger partial charge in [0.1, 0.15) is 5.69 Å². The highest BCUT2D eigenvalue weighted by atomic mass is 16.5. The Morgan fingerprint density at radius 3 is 2.59 bits per heavy atom. The molecule has 0 saturated heterocycles. The fraction of sp³-hybridized carbons (Fsp3) is 0.769. The number of ether oxygens (including phenoxy) is 1. The second-order valence-electron chi connectivity index (χ2n) is 4.66. The third kappa shape index (κ3) is 3.65. The van der Waals surface area contributed by atoms with Gasteiger partial charge in [0.05, 0.1) is 12.3 Å². The number of nitrogens with two attached hydrogens (primary N) is 1. The van der Waals surface area contributed by atoms with Gasteiger partial charge in [-0.1, -0.05) is 33.1 Å². The molecule has 1 aromatic rings. The first kappa shape index (κ1) is 13.9.